The molecule has 2 aromatic carbocycles. The summed E-state index contributed by atoms with van der Waals surface area (Å²) >= 11 is 0. The number of carboxylic acids is 1. The molecule has 1 saturated heterocycles. The van der Waals surface area contributed by atoms with Gasteiger partial charge in [0.15, 0.2) is 18.2 Å². The minimum absolute atomic E-state index is 0.0276. The Hall–Kier alpha value is -2.66. The minimum Gasteiger partial charge on any atom is -0.479 e. The van der Waals surface area contributed by atoms with Gasteiger partial charge in [0.25, 0.3) is 0 Å². The van der Waals surface area contributed by atoms with Crippen LogP contribution in [0.5, 0.6) is 5.75 Å². The van der Waals surface area contributed by atoms with Crippen molar-refractivity contribution in [3.63, 3.8) is 0 Å². The van der Waals surface area contributed by atoms with Crippen LogP contribution in [-0.4, -0.2) is 23.8 Å². The van der Waals surface area contributed by atoms with Crippen molar-refractivity contribution < 1.29 is 23.8 Å². The van der Waals surface area contributed by atoms with Crippen molar-refractivity contribution >= 4 is 5.97 Å². The summed E-state index contributed by atoms with van der Waals surface area (Å²) in [6, 6.07) is 15.1. The summed E-state index contributed by atoms with van der Waals surface area (Å²) in [6.45, 7) is 7.74. The molecule has 0 bridgehead atoms. The number of hydrogen-bond acceptors (Lipinski definition) is 3. The molecule has 4 atom stereocenters. The van der Waals surface area contributed by atoms with Crippen molar-refractivity contribution in [2.75, 3.05) is 6.61 Å². The highest BCUT2D eigenvalue weighted by molar-refractivity contribution is 5.68. The summed E-state index contributed by atoms with van der Waals surface area (Å²) in [4.78, 5) is 11.0. The number of aliphatic carboxylic acids is 1. The average Bonchev–Trinajstić information content (AvgIpc) is 2.78. The Kier molecular flexibility index (Phi) is 8.46. The Labute approximate surface area is 190 Å². The van der Waals surface area contributed by atoms with E-state index in [0.717, 1.165) is 37.7 Å². The molecular formula is C27H33FO4. The number of carbonyl (C=O) groups is 1. The van der Waals surface area contributed by atoms with Crippen LogP contribution in [-0.2, 0) is 9.53 Å². The monoisotopic (exact) mass is 440 g/mol. The van der Waals surface area contributed by atoms with Crippen LogP contribution in [0.15, 0.2) is 60.7 Å². The molecule has 0 radical (unpaired) electrons. The topological polar surface area (TPSA) is 55.8 Å². The third kappa shape index (κ3) is 5.77. The summed E-state index contributed by atoms with van der Waals surface area (Å²) in [7, 11) is 0. The van der Waals surface area contributed by atoms with Crippen LogP contribution >= 0.6 is 0 Å². The highest BCUT2D eigenvalue weighted by atomic mass is 19.1. The third-order valence-electron chi connectivity index (χ3n) is 6.24. The van der Waals surface area contributed by atoms with Gasteiger partial charge in [-0.15, -0.1) is 0 Å². The zero-order valence-corrected chi connectivity index (χ0v) is 18.9. The molecule has 172 valence electrons. The van der Waals surface area contributed by atoms with E-state index in [1.807, 2.05) is 25.1 Å². The van der Waals surface area contributed by atoms with Crippen molar-refractivity contribution in [3.8, 4) is 5.75 Å². The lowest BCUT2D eigenvalue weighted by atomic mass is 9.74. The first-order valence-corrected chi connectivity index (χ1v) is 11.4. The summed E-state index contributed by atoms with van der Waals surface area (Å²) < 4.78 is 26.8. The number of carboxylic acid groups (broad SMARTS) is 1. The molecule has 1 heterocycles. The van der Waals surface area contributed by atoms with Crippen LogP contribution in [0.4, 0.5) is 4.39 Å². The molecule has 0 amide bonds. The first-order valence-electron chi connectivity index (χ1n) is 11.4. The van der Waals surface area contributed by atoms with Crippen molar-refractivity contribution in [1.82, 2.24) is 0 Å². The molecule has 0 spiro atoms. The molecule has 4 nitrogen and oxygen atoms in total. The van der Waals surface area contributed by atoms with Gasteiger partial charge in [-0.05, 0) is 31.4 Å². The van der Waals surface area contributed by atoms with Gasteiger partial charge in [0.05, 0.1) is 12.2 Å². The van der Waals surface area contributed by atoms with Gasteiger partial charge >= 0.3 is 5.97 Å². The van der Waals surface area contributed by atoms with E-state index in [4.69, 9.17) is 14.6 Å². The molecule has 2 aromatic rings. The van der Waals surface area contributed by atoms with E-state index in [1.54, 1.807) is 12.1 Å². The fourth-order valence-electron chi connectivity index (χ4n) is 4.63. The van der Waals surface area contributed by atoms with Crippen LogP contribution in [0.2, 0.25) is 0 Å². The van der Waals surface area contributed by atoms with E-state index in [1.165, 1.54) is 11.6 Å². The van der Waals surface area contributed by atoms with Gasteiger partial charge in [0.2, 0.25) is 0 Å². The molecule has 3 rings (SSSR count). The molecule has 32 heavy (non-hydrogen) atoms. The lowest BCUT2D eigenvalue weighted by molar-refractivity contribution is -0.139. The van der Waals surface area contributed by atoms with E-state index in [0.29, 0.717) is 5.56 Å². The van der Waals surface area contributed by atoms with Gasteiger partial charge in [-0.2, -0.15) is 0 Å². The van der Waals surface area contributed by atoms with Gasteiger partial charge in [0, 0.05) is 17.4 Å². The van der Waals surface area contributed by atoms with Gasteiger partial charge < -0.3 is 14.6 Å². The van der Waals surface area contributed by atoms with Gasteiger partial charge in [-0.3, -0.25) is 0 Å². The number of rotatable bonds is 10. The lowest BCUT2D eigenvalue weighted by Gasteiger charge is -2.43. The molecule has 0 aliphatic carbocycles. The zero-order valence-electron chi connectivity index (χ0n) is 18.9. The van der Waals surface area contributed by atoms with Crippen LogP contribution in [0, 0.1) is 11.7 Å². The Morgan fingerprint density at radius 3 is 2.59 bits per heavy atom. The number of ether oxygens (including phenoxy) is 2. The van der Waals surface area contributed by atoms with Crippen LogP contribution in [0.3, 0.4) is 0 Å². The second kappa shape index (κ2) is 11.3. The Morgan fingerprint density at radius 2 is 1.94 bits per heavy atom. The van der Waals surface area contributed by atoms with Gasteiger partial charge in [0.1, 0.15) is 0 Å². The number of benzene rings is 2. The Bertz CT molecular complexity index is 911. The van der Waals surface area contributed by atoms with E-state index < -0.39 is 24.5 Å². The molecule has 0 unspecified atom stereocenters. The molecular weight excluding hydrogens is 407 g/mol. The molecule has 5 heteroatoms. The highest BCUT2D eigenvalue weighted by Crippen LogP contribution is 2.49. The Balaban J connectivity index is 1.98. The fourth-order valence-corrected chi connectivity index (χ4v) is 4.63. The normalized spacial score (nSPS) is 23.0. The maximum Gasteiger partial charge on any atom is 0.341 e. The SMILES string of the molecule is C=C(C)[C@H]1C[C@H](c2ccccc2)[C@H](CCCCC)O[C@@H]1c1cccc(F)c1OCC(=O)O. The second-order valence-corrected chi connectivity index (χ2v) is 8.64. The first-order chi connectivity index (χ1) is 15.4. The average molecular weight is 441 g/mol. The minimum atomic E-state index is -1.15. The Morgan fingerprint density at radius 1 is 1.19 bits per heavy atom. The van der Waals surface area contributed by atoms with E-state index in [2.05, 4.69) is 25.6 Å². The van der Waals surface area contributed by atoms with Crippen molar-refractivity contribution in [1.29, 1.82) is 0 Å². The molecule has 0 aromatic heterocycles. The second-order valence-electron chi connectivity index (χ2n) is 8.64. The zero-order chi connectivity index (χ0) is 23.1. The molecule has 1 aliphatic heterocycles. The molecule has 1 aliphatic rings. The van der Waals surface area contributed by atoms with Gasteiger partial charge in [-0.25, -0.2) is 9.18 Å². The predicted octanol–water partition coefficient (Wildman–Crippen LogP) is 6.68. The third-order valence-corrected chi connectivity index (χ3v) is 6.24. The standard InChI is InChI=1S/C27H33FO4/c1-4-5-7-15-24-22(19-11-8-6-9-12-19)16-21(18(2)3)26(32-24)20-13-10-14-23(28)27(20)31-17-25(29)30/h6,8-14,21-22,24,26H,2,4-5,7,15-17H2,1,3H3,(H,29,30)/t21-,22-,24+,26-/m1/s1. The highest BCUT2D eigenvalue weighted by Gasteiger charge is 2.40. The summed E-state index contributed by atoms with van der Waals surface area (Å²) in [6.07, 6.45) is 4.57. The van der Waals surface area contributed by atoms with E-state index >= 15 is 0 Å². The number of para-hydroxylation sites is 1. The summed E-state index contributed by atoms with van der Waals surface area (Å²) in [5, 5.41) is 9.04. The first kappa shape index (κ1) is 24.0. The molecule has 1 N–H and O–H groups in total. The number of halogens is 1. The maximum absolute atomic E-state index is 14.7. The molecule has 1 fully saturated rings. The summed E-state index contributed by atoms with van der Waals surface area (Å²) in [5.41, 5.74) is 2.74. The van der Waals surface area contributed by atoms with Crippen molar-refractivity contribution in [3.05, 3.63) is 77.6 Å². The van der Waals surface area contributed by atoms with Crippen LogP contribution in [0.25, 0.3) is 0 Å². The fraction of sp³-hybridized carbons (Fsp3) is 0.444. The van der Waals surface area contributed by atoms with Gasteiger partial charge in [-0.1, -0.05) is 80.8 Å². The quantitative estimate of drug-likeness (QED) is 0.331. The number of hydrogen-bond donors (Lipinski definition) is 1. The number of unbranched alkanes of at least 4 members (excludes halogenated alkanes) is 2. The molecule has 0 saturated carbocycles. The van der Waals surface area contributed by atoms with Crippen LogP contribution < -0.4 is 4.74 Å². The van der Waals surface area contributed by atoms with Crippen molar-refractivity contribution in [2.24, 2.45) is 5.92 Å². The van der Waals surface area contributed by atoms with E-state index in [9.17, 15) is 9.18 Å². The van der Waals surface area contributed by atoms with E-state index in [-0.39, 0.29) is 23.7 Å². The smallest absolute Gasteiger partial charge is 0.341 e. The van der Waals surface area contributed by atoms with Crippen molar-refractivity contribution in [2.45, 2.75) is 64.1 Å². The predicted molar refractivity (Wildman–Crippen MR) is 123 cm³/mol. The maximum atomic E-state index is 14.7. The van der Waals surface area contributed by atoms with Crippen LogP contribution in [0.1, 0.15) is 69.1 Å². The lowest BCUT2D eigenvalue weighted by Crippen LogP contribution is -2.36. The summed E-state index contributed by atoms with van der Waals surface area (Å²) in [5.74, 6) is -1.61. The largest absolute Gasteiger partial charge is 0.479 e.